The Balaban J connectivity index is 2.36. The van der Waals surface area contributed by atoms with Crippen molar-refractivity contribution in [1.82, 2.24) is 0 Å². The van der Waals surface area contributed by atoms with E-state index < -0.39 is 0 Å². The maximum Gasteiger partial charge on any atom is 0.0621 e. The summed E-state index contributed by atoms with van der Waals surface area (Å²) in [5.41, 5.74) is 0. The van der Waals surface area contributed by atoms with Gasteiger partial charge in [-0.15, -0.1) is 0 Å². The lowest BCUT2D eigenvalue weighted by atomic mass is 9.81. The van der Waals surface area contributed by atoms with Crippen LogP contribution in [0.15, 0.2) is 0 Å². The van der Waals surface area contributed by atoms with Gasteiger partial charge >= 0.3 is 0 Å². The molecule has 0 N–H and O–H groups in total. The first-order chi connectivity index (χ1) is 7.74. The van der Waals surface area contributed by atoms with Crippen LogP contribution in [0.4, 0.5) is 0 Å². The zero-order valence-corrected chi connectivity index (χ0v) is 11.0. The molecule has 1 heteroatoms. The first-order valence-electron chi connectivity index (χ1n) is 7.11. The normalized spacial score (nSPS) is 20.4. The smallest absolute Gasteiger partial charge is 0.0621 e. The Bertz CT molecular complexity index is 206. The SMILES string of the molecule is CC(C)C(CCC#N)CC1CCCCCC1. The van der Waals surface area contributed by atoms with Crippen molar-refractivity contribution in [2.45, 2.75) is 71.6 Å². The second kappa shape index (κ2) is 7.71. The van der Waals surface area contributed by atoms with Gasteiger partial charge in [-0.25, -0.2) is 0 Å². The van der Waals surface area contributed by atoms with E-state index in [1.165, 1.54) is 44.9 Å². The monoisotopic (exact) mass is 221 g/mol. The van der Waals surface area contributed by atoms with E-state index in [-0.39, 0.29) is 0 Å². The molecule has 0 heterocycles. The van der Waals surface area contributed by atoms with Crippen molar-refractivity contribution in [3.05, 3.63) is 0 Å². The zero-order chi connectivity index (χ0) is 11.8. The van der Waals surface area contributed by atoms with E-state index in [0.29, 0.717) is 0 Å². The van der Waals surface area contributed by atoms with Crippen molar-refractivity contribution in [3.63, 3.8) is 0 Å². The summed E-state index contributed by atoms with van der Waals surface area (Å²) < 4.78 is 0. The van der Waals surface area contributed by atoms with E-state index >= 15 is 0 Å². The van der Waals surface area contributed by atoms with Crippen molar-refractivity contribution >= 4 is 0 Å². The first kappa shape index (κ1) is 13.6. The van der Waals surface area contributed by atoms with E-state index in [1.54, 1.807) is 0 Å². The maximum atomic E-state index is 8.70. The molecule has 1 unspecified atom stereocenters. The highest BCUT2D eigenvalue weighted by molar-refractivity contribution is 4.76. The quantitative estimate of drug-likeness (QED) is 0.604. The van der Waals surface area contributed by atoms with Crippen LogP contribution in [0.5, 0.6) is 0 Å². The standard InChI is InChI=1S/C15H27N/c1-13(2)15(10-7-11-16)12-14-8-5-3-4-6-9-14/h13-15H,3-10,12H2,1-2H3. The lowest BCUT2D eigenvalue weighted by Gasteiger charge is -2.25. The van der Waals surface area contributed by atoms with Crippen molar-refractivity contribution < 1.29 is 0 Å². The minimum Gasteiger partial charge on any atom is -0.198 e. The molecule has 0 spiro atoms. The van der Waals surface area contributed by atoms with Crippen LogP contribution >= 0.6 is 0 Å². The van der Waals surface area contributed by atoms with Crippen LogP contribution in [0, 0.1) is 29.1 Å². The van der Waals surface area contributed by atoms with Gasteiger partial charge in [-0.1, -0.05) is 52.4 Å². The summed E-state index contributed by atoms with van der Waals surface area (Å²) >= 11 is 0. The minimum atomic E-state index is 0.746. The summed E-state index contributed by atoms with van der Waals surface area (Å²) in [7, 11) is 0. The summed E-state index contributed by atoms with van der Waals surface area (Å²) in [4.78, 5) is 0. The van der Waals surface area contributed by atoms with Crippen LogP contribution in [0.25, 0.3) is 0 Å². The highest BCUT2D eigenvalue weighted by Gasteiger charge is 2.20. The number of rotatable bonds is 5. The molecule has 1 nitrogen and oxygen atoms in total. The molecule has 92 valence electrons. The van der Waals surface area contributed by atoms with Gasteiger partial charge in [-0.05, 0) is 30.6 Å². The molecule has 0 bridgehead atoms. The Morgan fingerprint density at radius 2 is 1.75 bits per heavy atom. The van der Waals surface area contributed by atoms with Gasteiger partial charge in [0.15, 0.2) is 0 Å². The van der Waals surface area contributed by atoms with Crippen molar-refractivity contribution in [2.24, 2.45) is 17.8 Å². The molecular weight excluding hydrogens is 194 g/mol. The molecule has 1 aliphatic carbocycles. The third-order valence-electron chi connectivity index (χ3n) is 4.18. The van der Waals surface area contributed by atoms with Gasteiger partial charge in [0.1, 0.15) is 0 Å². The number of hydrogen-bond acceptors (Lipinski definition) is 1. The third-order valence-corrected chi connectivity index (χ3v) is 4.18. The van der Waals surface area contributed by atoms with E-state index in [1.807, 2.05) is 0 Å². The van der Waals surface area contributed by atoms with Gasteiger partial charge < -0.3 is 0 Å². The molecule has 0 aromatic heterocycles. The fourth-order valence-corrected chi connectivity index (χ4v) is 3.00. The van der Waals surface area contributed by atoms with Crippen LogP contribution in [0.2, 0.25) is 0 Å². The molecule has 1 atom stereocenters. The lowest BCUT2D eigenvalue weighted by Crippen LogP contribution is -2.14. The molecule has 1 fully saturated rings. The zero-order valence-electron chi connectivity index (χ0n) is 11.0. The largest absolute Gasteiger partial charge is 0.198 e. The van der Waals surface area contributed by atoms with Crippen LogP contribution in [0.3, 0.4) is 0 Å². The Hall–Kier alpha value is -0.510. The van der Waals surface area contributed by atoms with Gasteiger partial charge in [0.2, 0.25) is 0 Å². The Labute approximate surface area is 101 Å². The fraction of sp³-hybridized carbons (Fsp3) is 0.933. The second-order valence-corrected chi connectivity index (χ2v) is 5.79. The first-order valence-corrected chi connectivity index (χ1v) is 7.11. The van der Waals surface area contributed by atoms with Gasteiger partial charge in [-0.3, -0.25) is 0 Å². The van der Waals surface area contributed by atoms with Crippen LogP contribution in [-0.2, 0) is 0 Å². The molecule has 0 amide bonds. The average molecular weight is 221 g/mol. The van der Waals surface area contributed by atoms with E-state index in [0.717, 1.165) is 30.6 Å². The molecule has 0 aliphatic heterocycles. The second-order valence-electron chi connectivity index (χ2n) is 5.79. The third kappa shape index (κ3) is 5.01. The number of nitrogens with zero attached hydrogens (tertiary/aromatic N) is 1. The molecule has 1 saturated carbocycles. The van der Waals surface area contributed by atoms with Crippen molar-refractivity contribution in [2.75, 3.05) is 0 Å². The fourth-order valence-electron chi connectivity index (χ4n) is 3.00. The molecule has 16 heavy (non-hydrogen) atoms. The Morgan fingerprint density at radius 1 is 1.12 bits per heavy atom. The van der Waals surface area contributed by atoms with Gasteiger partial charge in [-0.2, -0.15) is 5.26 Å². The van der Waals surface area contributed by atoms with Gasteiger partial charge in [0.05, 0.1) is 6.07 Å². The van der Waals surface area contributed by atoms with Gasteiger partial charge in [0.25, 0.3) is 0 Å². The van der Waals surface area contributed by atoms with Crippen LogP contribution < -0.4 is 0 Å². The number of hydrogen-bond donors (Lipinski definition) is 0. The molecule has 0 aromatic rings. The van der Waals surface area contributed by atoms with E-state index in [4.69, 9.17) is 5.26 Å². The van der Waals surface area contributed by atoms with Crippen molar-refractivity contribution in [3.8, 4) is 6.07 Å². The molecule has 1 aliphatic rings. The molecule has 0 saturated heterocycles. The highest BCUT2D eigenvalue weighted by atomic mass is 14.3. The molecule has 1 rings (SSSR count). The van der Waals surface area contributed by atoms with Gasteiger partial charge in [0, 0.05) is 6.42 Å². The van der Waals surface area contributed by atoms with Crippen LogP contribution in [0.1, 0.15) is 71.6 Å². The van der Waals surface area contributed by atoms with E-state index in [9.17, 15) is 0 Å². The summed E-state index contributed by atoms with van der Waals surface area (Å²) in [5.74, 6) is 2.48. The maximum absolute atomic E-state index is 8.70. The summed E-state index contributed by atoms with van der Waals surface area (Å²) in [6.45, 7) is 4.64. The molecule has 0 radical (unpaired) electrons. The molecular formula is C15H27N. The highest BCUT2D eigenvalue weighted by Crippen LogP contribution is 2.32. The van der Waals surface area contributed by atoms with Crippen molar-refractivity contribution in [1.29, 1.82) is 5.26 Å². The van der Waals surface area contributed by atoms with E-state index in [2.05, 4.69) is 19.9 Å². The summed E-state index contributed by atoms with van der Waals surface area (Å²) in [6.07, 6.45) is 11.9. The Kier molecular flexibility index (Phi) is 6.53. The lowest BCUT2D eigenvalue weighted by molar-refractivity contribution is 0.266. The topological polar surface area (TPSA) is 23.8 Å². The predicted octanol–water partition coefficient (Wildman–Crippen LogP) is 4.92. The Morgan fingerprint density at radius 3 is 2.25 bits per heavy atom. The summed E-state index contributed by atoms with van der Waals surface area (Å²) in [6, 6.07) is 2.30. The minimum absolute atomic E-state index is 0.746. The average Bonchev–Trinajstić information content (AvgIpc) is 2.52. The predicted molar refractivity (Wildman–Crippen MR) is 69.0 cm³/mol. The molecule has 0 aromatic carbocycles. The van der Waals surface area contributed by atoms with Crippen LogP contribution in [-0.4, -0.2) is 0 Å². The summed E-state index contributed by atoms with van der Waals surface area (Å²) in [5, 5.41) is 8.70. The number of nitriles is 1.